The zero-order chi connectivity index (χ0) is 10.7. The van der Waals surface area contributed by atoms with Gasteiger partial charge in [0.25, 0.3) is 0 Å². The summed E-state index contributed by atoms with van der Waals surface area (Å²) in [6, 6.07) is 8.81. The fourth-order valence-corrected chi connectivity index (χ4v) is 1.81. The number of hydrogen-bond donors (Lipinski definition) is 1. The SMILES string of the molecule is Cc1ccc(C2C=C(CCl)C=CN2)cc1. The predicted molar refractivity (Wildman–Crippen MR) is 65.0 cm³/mol. The fourth-order valence-electron chi connectivity index (χ4n) is 1.63. The molecule has 1 unspecified atom stereocenters. The number of alkyl halides is 1. The summed E-state index contributed by atoms with van der Waals surface area (Å²) < 4.78 is 0. The van der Waals surface area contributed by atoms with E-state index in [0.717, 1.165) is 0 Å². The third-order valence-electron chi connectivity index (χ3n) is 2.54. The molecular weight excluding hydrogens is 206 g/mol. The number of nitrogens with one attached hydrogen (secondary N) is 1. The van der Waals surface area contributed by atoms with Crippen LogP contribution in [0, 0.1) is 6.92 Å². The van der Waals surface area contributed by atoms with Gasteiger partial charge in [-0.3, -0.25) is 0 Å². The average molecular weight is 220 g/mol. The van der Waals surface area contributed by atoms with Gasteiger partial charge in [-0.25, -0.2) is 0 Å². The average Bonchev–Trinajstić information content (AvgIpc) is 2.30. The van der Waals surface area contributed by atoms with E-state index in [1.807, 2.05) is 12.3 Å². The van der Waals surface area contributed by atoms with Crippen LogP contribution < -0.4 is 5.32 Å². The van der Waals surface area contributed by atoms with Gasteiger partial charge < -0.3 is 5.32 Å². The second kappa shape index (κ2) is 4.54. The standard InChI is InChI=1S/C13H14ClN/c1-10-2-4-12(5-3-10)13-8-11(9-14)6-7-15-13/h2-8,13,15H,9H2,1H3. The normalized spacial score (nSPS) is 19.6. The summed E-state index contributed by atoms with van der Waals surface area (Å²) in [6.45, 7) is 2.10. The van der Waals surface area contributed by atoms with Crippen LogP contribution >= 0.6 is 11.6 Å². The van der Waals surface area contributed by atoms with Gasteiger partial charge in [-0.15, -0.1) is 11.6 Å². The largest absolute Gasteiger partial charge is 0.381 e. The number of benzene rings is 1. The minimum atomic E-state index is 0.254. The molecule has 1 atom stereocenters. The van der Waals surface area contributed by atoms with E-state index in [9.17, 15) is 0 Å². The molecule has 1 heterocycles. The Balaban J connectivity index is 2.22. The Morgan fingerprint density at radius 2 is 2.00 bits per heavy atom. The van der Waals surface area contributed by atoms with Gasteiger partial charge in [-0.1, -0.05) is 35.9 Å². The van der Waals surface area contributed by atoms with Gasteiger partial charge in [0.05, 0.1) is 6.04 Å². The van der Waals surface area contributed by atoms with Crippen molar-refractivity contribution >= 4 is 11.6 Å². The van der Waals surface area contributed by atoms with E-state index in [1.54, 1.807) is 0 Å². The van der Waals surface area contributed by atoms with Crippen molar-refractivity contribution in [2.24, 2.45) is 0 Å². The smallest absolute Gasteiger partial charge is 0.0698 e. The first-order valence-corrected chi connectivity index (χ1v) is 5.59. The highest BCUT2D eigenvalue weighted by atomic mass is 35.5. The maximum absolute atomic E-state index is 5.81. The van der Waals surface area contributed by atoms with Crippen LogP contribution in [0.2, 0.25) is 0 Å². The van der Waals surface area contributed by atoms with Crippen molar-refractivity contribution in [3.8, 4) is 0 Å². The molecule has 0 aromatic heterocycles. The maximum Gasteiger partial charge on any atom is 0.0698 e. The zero-order valence-corrected chi connectivity index (χ0v) is 9.46. The summed E-state index contributed by atoms with van der Waals surface area (Å²) >= 11 is 5.81. The lowest BCUT2D eigenvalue weighted by Crippen LogP contribution is -2.16. The Morgan fingerprint density at radius 3 is 2.67 bits per heavy atom. The van der Waals surface area contributed by atoms with Crippen LogP contribution in [0.5, 0.6) is 0 Å². The maximum atomic E-state index is 5.81. The number of rotatable bonds is 2. The van der Waals surface area contributed by atoms with Gasteiger partial charge in [0.2, 0.25) is 0 Å². The van der Waals surface area contributed by atoms with E-state index in [2.05, 4.69) is 42.6 Å². The van der Waals surface area contributed by atoms with E-state index in [4.69, 9.17) is 11.6 Å². The summed E-state index contributed by atoms with van der Waals surface area (Å²) in [4.78, 5) is 0. The minimum absolute atomic E-state index is 0.254. The van der Waals surface area contributed by atoms with Crippen LogP contribution in [-0.2, 0) is 0 Å². The number of hydrogen-bond acceptors (Lipinski definition) is 1. The zero-order valence-electron chi connectivity index (χ0n) is 8.70. The fraction of sp³-hybridized carbons (Fsp3) is 0.231. The van der Waals surface area contributed by atoms with Gasteiger partial charge in [0, 0.05) is 5.88 Å². The van der Waals surface area contributed by atoms with Gasteiger partial charge in [0.15, 0.2) is 0 Å². The lowest BCUT2D eigenvalue weighted by atomic mass is 10.0. The van der Waals surface area contributed by atoms with Crippen molar-refractivity contribution in [2.75, 3.05) is 5.88 Å². The van der Waals surface area contributed by atoms with Gasteiger partial charge in [-0.2, -0.15) is 0 Å². The van der Waals surface area contributed by atoms with Crippen molar-refractivity contribution < 1.29 is 0 Å². The molecule has 1 N–H and O–H groups in total. The van der Waals surface area contributed by atoms with Crippen molar-refractivity contribution in [2.45, 2.75) is 13.0 Å². The van der Waals surface area contributed by atoms with E-state index >= 15 is 0 Å². The molecule has 1 aliphatic rings. The number of aryl methyl sites for hydroxylation is 1. The molecule has 0 aliphatic carbocycles. The van der Waals surface area contributed by atoms with Gasteiger partial charge in [-0.05, 0) is 30.3 Å². The molecule has 0 radical (unpaired) electrons. The lowest BCUT2D eigenvalue weighted by Gasteiger charge is -2.18. The summed E-state index contributed by atoms with van der Waals surface area (Å²) in [6.07, 6.45) is 6.14. The third-order valence-corrected chi connectivity index (χ3v) is 2.85. The molecule has 1 aromatic rings. The Labute approximate surface area is 95.5 Å². The van der Waals surface area contributed by atoms with E-state index in [0.29, 0.717) is 5.88 Å². The molecule has 1 aliphatic heterocycles. The molecule has 1 nitrogen and oxygen atoms in total. The molecule has 0 saturated carbocycles. The summed E-state index contributed by atoms with van der Waals surface area (Å²) in [5.41, 5.74) is 3.72. The predicted octanol–water partition coefficient (Wildman–Crippen LogP) is 3.32. The molecule has 0 saturated heterocycles. The molecular formula is C13H14ClN. The van der Waals surface area contributed by atoms with Gasteiger partial charge >= 0.3 is 0 Å². The molecule has 2 rings (SSSR count). The molecule has 0 spiro atoms. The molecule has 0 bridgehead atoms. The van der Waals surface area contributed by atoms with Crippen LogP contribution in [0.4, 0.5) is 0 Å². The lowest BCUT2D eigenvalue weighted by molar-refractivity contribution is 0.739. The molecule has 15 heavy (non-hydrogen) atoms. The third kappa shape index (κ3) is 2.42. The quantitative estimate of drug-likeness (QED) is 0.753. The number of halogens is 1. The Hall–Kier alpha value is -1.21. The van der Waals surface area contributed by atoms with Crippen molar-refractivity contribution in [1.82, 2.24) is 5.32 Å². The molecule has 1 aromatic carbocycles. The Bertz CT molecular complexity index is 390. The van der Waals surface area contributed by atoms with E-state index < -0.39 is 0 Å². The van der Waals surface area contributed by atoms with Crippen molar-refractivity contribution in [3.63, 3.8) is 0 Å². The molecule has 2 heteroatoms. The van der Waals surface area contributed by atoms with E-state index in [1.165, 1.54) is 16.7 Å². The second-order valence-corrected chi connectivity index (χ2v) is 4.03. The van der Waals surface area contributed by atoms with Crippen molar-refractivity contribution in [3.05, 3.63) is 59.3 Å². The van der Waals surface area contributed by atoms with Crippen LogP contribution in [0.25, 0.3) is 0 Å². The van der Waals surface area contributed by atoms with Crippen LogP contribution in [0.3, 0.4) is 0 Å². The van der Waals surface area contributed by atoms with Crippen molar-refractivity contribution in [1.29, 1.82) is 0 Å². The van der Waals surface area contributed by atoms with Crippen LogP contribution in [0.1, 0.15) is 17.2 Å². The topological polar surface area (TPSA) is 12.0 Å². The second-order valence-electron chi connectivity index (χ2n) is 3.76. The monoisotopic (exact) mass is 219 g/mol. The highest BCUT2D eigenvalue weighted by Crippen LogP contribution is 2.20. The molecule has 0 fully saturated rings. The molecule has 0 amide bonds. The first-order valence-electron chi connectivity index (χ1n) is 5.05. The Morgan fingerprint density at radius 1 is 1.27 bits per heavy atom. The molecule has 78 valence electrons. The highest BCUT2D eigenvalue weighted by Gasteiger charge is 2.09. The highest BCUT2D eigenvalue weighted by molar-refractivity contribution is 6.19. The first kappa shape index (κ1) is 10.3. The van der Waals surface area contributed by atoms with Crippen LogP contribution in [0.15, 0.2) is 48.2 Å². The van der Waals surface area contributed by atoms with E-state index in [-0.39, 0.29) is 6.04 Å². The minimum Gasteiger partial charge on any atom is -0.381 e. The van der Waals surface area contributed by atoms with Gasteiger partial charge in [0.1, 0.15) is 0 Å². The van der Waals surface area contributed by atoms with Crippen LogP contribution in [-0.4, -0.2) is 5.88 Å². The Kier molecular flexibility index (Phi) is 3.12. The summed E-state index contributed by atoms with van der Waals surface area (Å²) in [7, 11) is 0. The number of dihydropyridines is 1. The first-order chi connectivity index (χ1) is 7.29. The summed E-state index contributed by atoms with van der Waals surface area (Å²) in [5, 5.41) is 3.30. The summed E-state index contributed by atoms with van der Waals surface area (Å²) in [5.74, 6) is 0.570. The number of allylic oxidation sites excluding steroid dienone is 2.